The first-order chi connectivity index (χ1) is 7.65. The van der Waals surface area contributed by atoms with Gasteiger partial charge in [0.05, 0.1) is 4.47 Å². The minimum atomic E-state index is 0.0269. The van der Waals surface area contributed by atoms with Gasteiger partial charge < -0.3 is 15.2 Å². The molecule has 0 saturated heterocycles. The third-order valence-corrected chi connectivity index (χ3v) is 3.48. The van der Waals surface area contributed by atoms with Crippen molar-refractivity contribution < 1.29 is 14.3 Å². The molecule has 0 radical (unpaired) electrons. The second-order valence-electron chi connectivity index (χ2n) is 3.56. The van der Waals surface area contributed by atoms with Gasteiger partial charge in [0.25, 0.3) is 0 Å². The molecule has 0 aromatic heterocycles. The largest absolute Gasteiger partial charge is 0.454 e. The lowest BCUT2D eigenvalue weighted by atomic mass is 10.0. The van der Waals surface area contributed by atoms with Gasteiger partial charge in [0.2, 0.25) is 6.79 Å². The zero-order valence-electron chi connectivity index (χ0n) is 8.88. The molecule has 0 bridgehead atoms. The maximum Gasteiger partial charge on any atom is 0.231 e. The Morgan fingerprint density at radius 3 is 3.00 bits per heavy atom. The molecule has 0 saturated carbocycles. The van der Waals surface area contributed by atoms with Gasteiger partial charge in [-0.05, 0) is 41.0 Å². The molecule has 0 amide bonds. The van der Waals surface area contributed by atoms with Crippen LogP contribution < -0.4 is 15.2 Å². The van der Waals surface area contributed by atoms with Crippen LogP contribution in [-0.2, 0) is 0 Å². The van der Waals surface area contributed by atoms with Crippen LogP contribution in [0.25, 0.3) is 0 Å². The van der Waals surface area contributed by atoms with E-state index in [1.807, 2.05) is 6.92 Å². The van der Waals surface area contributed by atoms with Crippen molar-refractivity contribution >= 4 is 21.7 Å². The van der Waals surface area contributed by atoms with Crippen molar-refractivity contribution in [1.29, 1.82) is 0 Å². The Morgan fingerprint density at radius 2 is 2.31 bits per heavy atom. The number of ether oxygens (including phenoxy) is 2. The summed E-state index contributed by atoms with van der Waals surface area (Å²) in [7, 11) is 0. The summed E-state index contributed by atoms with van der Waals surface area (Å²) < 4.78 is 11.3. The minimum absolute atomic E-state index is 0.0269. The van der Waals surface area contributed by atoms with Gasteiger partial charge in [-0.25, -0.2) is 0 Å². The maximum absolute atomic E-state index is 11.8. The summed E-state index contributed by atoms with van der Waals surface area (Å²) in [6.07, 6.45) is 0.340. The third-order valence-electron chi connectivity index (χ3n) is 2.52. The second-order valence-corrected chi connectivity index (χ2v) is 4.35. The van der Waals surface area contributed by atoms with Crippen LogP contribution in [0.1, 0.15) is 22.3 Å². The number of fused-ring (bicyclic) bond motifs is 1. The van der Waals surface area contributed by atoms with Gasteiger partial charge in [-0.3, -0.25) is 4.79 Å². The Bertz CT molecular complexity index is 445. The molecule has 5 heteroatoms. The third kappa shape index (κ3) is 1.81. The molecule has 1 aliphatic rings. The molecule has 16 heavy (non-hydrogen) atoms. The molecule has 86 valence electrons. The number of benzene rings is 1. The fourth-order valence-corrected chi connectivity index (χ4v) is 2.17. The lowest BCUT2D eigenvalue weighted by molar-refractivity contribution is 0.0984. The van der Waals surface area contributed by atoms with E-state index in [0.29, 0.717) is 30.0 Å². The van der Waals surface area contributed by atoms with Crippen LogP contribution >= 0.6 is 15.9 Å². The van der Waals surface area contributed by atoms with Crippen molar-refractivity contribution in [1.82, 2.24) is 0 Å². The molecule has 1 aromatic carbocycles. The fourth-order valence-electron chi connectivity index (χ4n) is 1.65. The Hall–Kier alpha value is -1.07. The highest BCUT2D eigenvalue weighted by Gasteiger charge is 2.23. The Morgan fingerprint density at radius 1 is 1.56 bits per heavy atom. The molecule has 2 rings (SSSR count). The van der Waals surface area contributed by atoms with Gasteiger partial charge in [-0.2, -0.15) is 0 Å². The topological polar surface area (TPSA) is 61.6 Å². The molecular weight excluding hydrogens is 274 g/mol. The van der Waals surface area contributed by atoms with Crippen LogP contribution in [0.4, 0.5) is 0 Å². The molecule has 2 N–H and O–H groups in total. The molecule has 1 aliphatic heterocycles. The molecule has 0 fully saturated rings. The number of ketones is 1. The van der Waals surface area contributed by atoms with Crippen molar-refractivity contribution in [3.05, 3.63) is 21.7 Å². The Labute approximate surface area is 102 Å². The van der Waals surface area contributed by atoms with Crippen LogP contribution in [0.15, 0.2) is 10.5 Å². The van der Waals surface area contributed by atoms with Gasteiger partial charge >= 0.3 is 0 Å². The lowest BCUT2D eigenvalue weighted by Crippen LogP contribution is -2.09. The van der Waals surface area contributed by atoms with Crippen LogP contribution in [0.5, 0.6) is 11.5 Å². The molecule has 4 nitrogen and oxygen atoms in total. The Kier molecular flexibility index (Phi) is 3.16. The second kappa shape index (κ2) is 4.43. The molecular formula is C11H12BrNO3. The number of hydrogen-bond acceptors (Lipinski definition) is 4. The summed E-state index contributed by atoms with van der Waals surface area (Å²) in [5, 5.41) is 0. The van der Waals surface area contributed by atoms with Crippen LogP contribution in [0.3, 0.4) is 0 Å². The molecule has 1 aromatic rings. The van der Waals surface area contributed by atoms with Crippen molar-refractivity contribution in [2.45, 2.75) is 13.3 Å². The normalized spacial score (nSPS) is 12.9. The summed E-state index contributed by atoms with van der Waals surface area (Å²) in [6.45, 7) is 2.42. The number of hydrogen-bond donors (Lipinski definition) is 1. The van der Waals surface area contributed by atoms with Crippen molar-refractivity contribution in [3.8, 4) is 11.5 Å². The van der Waals surface area contributed by atoms with E-state index >= 15 is 0 Å². The summed E-state index contributed by atoms with van der Waals surface area (Å²) in [6, 6.07) is 1.72. The number of halogens is 1. The minimum Gasteiger partial charge on any atom is -0.454 e. The predicted molar refractivity (Wildman–Crippen MR) is 63.0 cm³/mol. The van der Waals surface area contributed by atoms with Gasteiger partial charge in [-0.1, -0.05) is 0 Å². The van der Waals surface area contributed by atoms with E-state index < -0.39 is 0 Å². The molecule has 0 atom stereocenters. The first kappa shape index (κ1) is 11.4. The van der Waals surface area contributed by atoms with Crippen molar-refractivity contribution in [3.63, 3.8) is 0 Å². The van der Waals surface area contributed by atoms with Gasteiger partial charge in [0, 0.05) is 12.0 Å². The van der Waals surface area contributed by atoms with Crippen molar-refractivity contribution in [2.75, 3.05) is 13.3 Å². The average molecular weight is 286 g/mol. The zero-order chi connectivity index (χ0) is 11.7. The number of carbonyl (C=O) groups excluding carboxylic acids is 1. The number of nitrogens with two attached hydrogens (primary N) is 1. The Balaban J connectivity index is 2.47. The van der Waals surface area contributed by atoms with E-state index in [0.717, 1.165) is 10.0 Å². The number of Topliss-reactive ketones (excluding diaryl/α,β-unsaturated/α-hetero) is 1. The number of rotatable bonds is 3. The quantitative estimate of drug-likeness (QED) is 0.863. The summed E-state index contributed by atoms with van der Waals surface area (Å²) in [5.41, 5.74) is 6.88. The highest BCUT2D eigenvalue weighted by Crippen LogP contribution is 2.42. The van der Waals surface area contributed by atoms with Crippen LogP contribution in [0.2, 0.25) is 0 Å². The monoisotopic (exact) mass is 285 g/mol. The standard InChI is InChI=1S/C11H12BrNO3/c1-6-7(8(14)2-3-13)4-9-11(10(6)12)16-5-15-9/h4H,2-3,5,13H2,1H3. The summed E-state index contributed by atoms with van der Waals surface area (Å²) >= 11 is 3.41. The lowest BCUT2D eigenvalue weighted by Gasteiger charge is -2.09. The average Bonchev–Trinajstić information content (AvgIpc) is 2.71. The molecule has 0 unspecified atom stereocenters. The van der Waals surface area contributed by atoms with E-state index in [9.17, 15) is 4.79 Å². The van der Waals surface area contributed by atoms with Crippen LogP contribution in [-0.4, -0.2) is 19.1 Å². The predicted octanol–water partition coefficient (Wildman–Crippen LogP) is 2.02. The van der Waals surface area contributed by atoms with Gasteiger partial charge in [-0.15, -0.1) is 0 Å². The molecule has 0 aliphatic carbocycles. The van der Waals surface area contributed by atoms with E-state index in [4.69, 9.17) is 15.2 Å². The smallest absolute Gasteiger partial charge is 0.231 e. The first-order valence-electron chi connectivity index (χ1n) is 4.97. The van der Waals surface area contributed by atoms with Crippen LogP contribution in [0, 0.1) is 6.92 Å². The van der Waals surface area contributed by atoms with Crippen molar-refractivity contribution in [2.24, 2.45) is 5.73 Å². The SMILES string of the molecule is Cc1c(C(=O)CCN)cc2c(c1Br)OCO2. The summed E-state index contributed by atoms with van der Waals surface area (Å²) in [5.74, 6) is 1.30. The van der Waals surface area contributed by atoms with E-state index in [1.165, 1.54) is 0 Å². The number of carbonyl (C=O) groups is 1. The fraction of sp³-hybridized carbons (Fsp3) is 0.364. The maximum atomic E-state index is 11.8. The zero-order valence-corrected chi connectivity index (χ0v) is 10.5. The summed E-state index contributed by atoms with van der Waals surface area (Å²) in [4.78, 5) is 11.8. The molecule has 1 heterocycles. The first-order valence-corrected chi connectivity index (χ1v) is 5.76. The highest BCUT2D eigenvalue weighted by atomic mass is 79.9. The van der Waals surface area contributed by atoms with E-state index in [-0.39, 0.29) is 12.6 Å². The highest BCUT2D eigenvalue weighted by molar-refractivity contribution is 9.10. The molecule has 0 spiro atoms. The van der Waals surface area contributed by atoms with Gasteiger partial charge in [0.15, 0.2) is 17.3 Å². The van der Waals surface area contributed by atoms with Gasteiger partial charge in [0.1, 0.15) is 0 Å². The van der Waals surface area contributed by atoms with E-state index in [2.05, 4.69) is 15.9 Å². The van der Waals surface area contributed by atoms with E-state index in [1.54, 1.807) is 6.07 Å².